The van der Waals surface area contributed by atoms with Gasteiger partial charge in [-0.05, 0) is 90.8 Å². The zero-order valence-corrected chi connectivity index (χ0v) is 23.3. The van der Waals surface area contributed by atoms with Gasteiger partial charge in [0.1, 0.15) is 23.1 Å². The van der Waals surface area contributed by atoms with Crippen molar-refractivity contribution in [1.29, 1.82) is 0 Å². The third-order valence-electron chi connectivity index (χ3n) is 6.22. The molecule has 0 spiro atoms. The minimum atomic E-state index is -0.569. The van der Waals surface area contributed by atoms with Crippen LogP contribution in [0.2, 0.25) is 0 Å². The van der Waals surface area contributed by atoms with Crippen LogP contribution in [0.1, 0.15) is 96.5 Å². The lowest BCUT2D eigenvalue weighted by molar-refractivity contribution is -0.160. The Labute approximate surface area is 216 Å². The Balaban J connectivity index is 1.90. The van der Waals surface area contributed by atoms with E-state index < -0.39 is 11.6 Å². The second kappa shape index (κ2) is 12.3. The van der Waals surface area contributed by atoms with Gasteiger partial charge in [-0.15, -0.1) is 0 Å². The number of esters is 1. The van der Waals surface area contributed by atoms with Gasteiger partial charge in [-0.3, -0.25) is 9.59 Å². The highest BCUT2D eigenvalue weighted by Crippen LogP contribution is 2.33. The van der Waals surface area contributed by atoms with E-state index in [-0.39, 0.29) is 47.1 Å². The van der Waals surface area contributed by atoms with Gasteiger partial charge in [-0.25, -0.2) is 0 Å². The molecule has 0 aliphatic carbocycles. The first kappa shape index (κ1) is 29.9. The Bertz CT molecular complexity index is 893. The zero-order valence-electron chi connectivity index (χ0n) is 23.3. The molecule has 1 aliphatic rings. The number of ether oxygens (including phenoxy) is 2. The van der Waals surface area contributed by atoms with Crippen molar-refractivity contribution in [3.05, 3.63) is 23.3 Å². The Morgan fingerprint density at radius 1 is 1.03 bits per heavy atom. The summed E-state index contributed by atoms with van der Waals surface area (Å²) in [6, 6.07) is 2.31. The summed E-state index contributed by atoms with van der Waals surface area (Å²) in [5, 5.41) is 23.6. The Morgan fingerprint density at radius 3 is 2.17 bits per heavy atom. The summed E-state index contributed by atoms with van der Waals surface area (Å²) in [5.41, 5.74) is -0.0499. The molecular weight excluding hydrogens is 460 g/mol. The number of carbonyl (C=O) groups excluding carboxylic acids is 2. The molecule has 204 valence electrons. The highest BCUT2D eigenvalue weighted by molar-refractivity contribution is 5.97. The number of nitrogens with one attached hydrogen (secondary N) is 1. The summed E-state index contributed by atoms with van der Waals surface area (Å²) in [7, 11) is 0. The van der Waals surface area contributed by atoms with Crippen LogP contribution in [0, 0.1) is 5.92 Å². The smallest absolute Gasteiger partial charge is 0.326 e. The summed E-state index contributed by atoms with van der Waals surface area (Å²) < 4.78 is 11.4. The molecule has 8 heteroatoms. The number of phenols is 2. The minimum Gasteiger partial charge on any atom is -0.508 e. The number of piperidine rings is 1. The van der Waals surface area contributed by atoms with Crippen molar-refractivity contribution in [1.82, 2.24) is 10.2 Å². The van der Waals surface area contributed by atoms with E-state index in [0.29, 0.717) is 31.1 Å². The van der Waals surface area contributed by atoms with E-state index >= 15 is 0 Å². The zero-order chi connectivity index (χ0) is 27.3. The van der Waals surface area contributed by atoms with Gasteiger partial charge < -0.3 is 29.9 Å². The molecule has 0 unspecified atom stereocenters. The van der Waals surface area contributed by atoms with Gasteiger partial charge in [0.2, 0.25) is 0 Å². The molecule has 0 aromatic heterocycles. The van der Waals surface area contributed by atoms with Gasteiger partial charge in [0.15, 0.2) is 0 Å². The Morgan fingerprint density at radius 2 is 1.64 bits per heavy atom. The predicted molar refractivity (Wildman–Crippen MR) is 140 cm³/mol. The summed E-state index contributed by atoms with van der Waals surface area (Å²) in [6.45, 7) is 17.4. The maximum Gasteiger partial charge on any atom is 0.326 e. The first-order valence-corrected chi connectivity index (χ1v) is 13.0. The molecule has 2 rings (SSSR count). The summed E-state index contributed by atoms with van der Waals surface area (Å²) in [5.74, 6) is -0.267. The molecule has 1 aromatic rings. The molecule has 1 aromatic carbocycles. The van der Waals surface area contributed by atoms with Crippen LogP contribution in [-0.2, 0) is 14.3 Å². The number of amides is 1. The molecule has 8 nitrogen and oxygen atoms in total. The third kappa shape index (κ3) is 9.28. The Kier molecular flexibility index (Phi) is 10.2. The number of hydrogen-bond donors (Lipinski definition) is 3. The lowest BCUT2D eigenvalue weighted by Crippen LogP contribution is -2.46. The molecule has 0 radical (unpaired) electrons. The van der Waals surface area contributed by atoms with Crippen LogP contribution in [0.4, 0.5) is 0 Å². The largest absolute Gasteiger partial charge is 0.508 e. The molecule has 0 saturated carbocycles. The van der Waals surface area contributed by atoms with E-state index in [0.717, 1.165) is 19.3 Å². The summed E-state index contributed by atoms with van der Waals surface area (Å²) in [4.78, 5) is 27.5. The number of rotatable bonds is 9. The van der Waals surface area contributed by atoms with Crippen molar-refractivity contribution >= 4 is 11.9 Å². The number of benzene rings is 1. The average Bonchev–Trinajstić information content (AvgIpc) is 2.74. The van der Waals surface area contributed by atoms with Gasteiger partial charge in [-0.2, -0.15) is 0 Å². The van der Waals surface area contributed by atoms with Crippen LogP contribution in [-0.4, -0.2) is 70.5 Å². The molecular formula is C28H46N2O6. The van der Waals surface area contributed by atoms with Crippen LogP contribution in [0.3, 0.4) is 0 Å². The van der Waals surface area contributed by atoms with E-state index in [1.54, 1.807) is 11.0 Å². The molecule has 1 fully saturated rings. The summed E-state index contributed by atoms with van der Waals surface area (Å²) >= 11 is 0. The van der Waals surface area contributed by atoms with E-state index in [2.05, 4.69) is 5.32 Å². The SMILES string of the molecule is CC(C)c1cc(C(=O)N2CCC(CCN[C@@H](COC(C)(C)C)C(=O)OC(C)(C)C)CC2)c(O)cc1O. The van der Waals surface area contributed by atoms with Gasteiger partial charge in [0.25, 0.3) is 5.91 Å². The van der Waals surface area contributed by atoms with E-state index in [4.69, 9.17) is 9.47 Å². The van der Waals surface area contributed by atoms with Gasteiger partial charge >= 0.3 is 5.97 Å². The van der Waals surface area contributed by atoms with Crippen molar-refractivity contribution in [3.63, 3.8) is 0 Å². The van der Waals surface area contributed by atoms with E-state index in [9.17, 15) is 19.8 Å². The van der Waals surface area contributed by atoms with Crippen molar-refractivity contribution in [2.45, 2.75) is 97.8 Å². The lowest BCUT2D eigenvalue weighted by Gasteiger charge is -2.33. The quantitative estimate of drug-likeness (QED) is 0.421. The predicted octanol–water partition coefficient (Wildman–Crippen LogP) is 4.58. The molecule has 1 saturated heterocycles. The maximum atomic E-state index is 13.1. The average molecular weight is 507 g/mol. The fourth-order valence-corrected chi connectivity index (χ4v) is 4.20. The molecule has 1 aliphatic heterocycles. The first-order chi connectivity index (χ1) is 16.6. The first-order valence-electron chi connectivity index (χ1n) is 13.0. The third-order valence-corrected chi connectivity index (χ3v) is 6.22. The number of hydrogen-bond acceptors (Lipinski definition) is 7. The van der Waals surface area contributed by atoms with Crippen LogP contribution in [0.15, 0.2) is 12.1 Å². The van der Waals surface area contributed by atoms with Gasteiger partial charge in [-0.1, -0.05) is 13.8 Å². The maximum absolute atomic E-state index is 13.1. The number of phenolic OH excluding ortho intramolecular Hbond substituents is 2. The fraction of sp³-hybridized carbons (Fsp3) is 0.714. The van der Waals surface area contributed by atoms with E-state index in [1.165, 1.54) is 6.07 Å². The number of carbonyl (C=O) groups is 2. The molecule has 1 heterocycles. The number of nitrogens with zero attached hydrogens (tertiary/aromatic N) is 1. The number of likely N-dealkylation sites (tertiary alicyclic amines) is 1. The minimum absolute atomic E-state index is 0.00263. The molecule has 1 atom stereocenters. The molecule has 36 heavy (non-hydrogen) atoms. The van der Waals surface area contributed by atoms with Crippen molar-refractivity contribution in [2.24, 2.45) is 5.92 Å². The normalized spacial score (nSPS) is 16.3. The number of aromatic hydroxyl groups is 2. The second-order valence-electron chi connectivity index (χ2n) is 12.1. The second-order valence-corrected chi connectivity index (χ2v) is 12.1. The standard InChI is InChI=1S/C28H46N2O6/c1-18(2)20-15-21(24(32)16-23(20)31)25(33)30-13-10-19(11-14-30)9-12-29-22(17-35-27(3,4)5)26(34)36-28(6,7)8/h15-16,18-19,22,29,31-32H,9-14,17H2,1-8H3/t22-/m0/s1. The van der Waals surface area contributed by atoms with Gasteiger partial charge in [0.05, 0.1) is 17.8 Å². The highest BCUT2D eigenvalue weighted by Gasteiger charge is 2.29. The topological polar surface area (TPSA) is 108 Å². The molecule has 0 bridgehead atoms. The van der Waals surface area contributed by atoms with Crippen LogP contribution < -0.4 is 5.32 Å². The monoisotopic (exact) mass is 506 g/mol. The van der Waals surface area contributed by atoms with Crippen LogP contribution >= 0.6 is 0 Å². The van der Waals surface area contributed by atoms with E-state index in [1.807, 2.05) is 55.4 Å². The van der Waals surface area contributed by atoms with Gasteiger partial charge in [0, 0.05) is 19.2 Å². The van der Waals surface area contributed by atoms with Crippen molar-refractivity contribution in [3.8, 4) is 11.5 Å². The molecule has 1 amide bonds. The Hall–Kier alpha value is -2.32. The van der Waals surface area contributed by atoms with Crippen LogP contribution in [0.25, 0.3) is 0 Å². The molecule has 3 N–H and O–H groups in total. The van der Waals surface area contributed by atoms with Crippen molar-refractivity contribution in [2.75, 3.05) is 26.2 Å². The fourth-order valence-electron chi connectivity index (χ4n) is 4.20. The van der Waals surface area contributed by atoms with Crippen LogP contribution in [0.5, 0.6) is 11.5 Å². The summed E-state index contributed by atoms with van der Waals surface area (Å²) in [6.07, 6.45) is 2.57. The lowest BCUT2D eigenvalue weighted by atomic mass is 9.92. The van der Waals surface area contributed by atoms with Crippen molar-refractivity contribution < 1.29 is 29.3 Å². The highest BCUT2D eigenvalue weighted by atomic mass is 16.6.